The van der Waals surface area contributed by atoms with Crippen molar-refractivity contribution in [3.63, 3.8) is 0 Å². The monoisotopic (exact) mass is 269 g/mol. The topological polar surface area (TPSA) is 79.5 Å². The highest BCUT2D eigenvalue weighted by molar-refractivity contribution is 5.69. The molecule has 108 valence electrons. The lowest BCUT2D eigenvalue weighted by molar-refractivity contribution is -0.141. The lowest BCUT2D eigenvalue weighted by Gasteiger charge is -2.20. The molecule has 0 saturated heterocycles. The Bertz CT molecular complexity index is 423. The molecule has 0 amide bonds. The number of rotatable bonds is 6. The second-order valence-corrected chi connectivity index (χ2v) is 5.83. The van der Waals surface area contributed by atoms with Crippen molar-refractivity contribution in [2.45, 2.75) is 46.6 Å². The highest BCUT2D eigenvalue weighted by Crippen LogP contribution is 2.19. The van der Waals surface area contributed by atoms with Crippen molar-refractivity contribution in [1.29, 1.82) is 0 Å². The summed E-state index contributed by atoms with van der Waals surface area (Å²) >= 11 is 0. The highest BCUT2D eigenvalue weighted by Gasteiger charge is 2.22. The van der Waals surface area contributed by atoms with Gasteiger partial charge in [-0.15, -0.1) is 0 Å². The van der Waals surface area contributed by atoms with E-state index < -0.39 is 11.9 Å². The Morgan fingerprint density at radius 3 is 2.53 bits per heavy atom. The minimum Gasteiger partial charge on any atom is -0.481 e. The van der Waals surface area contributed by atoms with E-state index in [9.17, 15) is 4.79 Å². The average Bonchev–Trinajstić information content (AvgIpc) is 2.76. The maximum Gasteiger partial charge on any atom is 0.307 e. The van der Waals surface area contributed by atoms with Crippen LogP contribution in [0.4, 0.5) is 0 Å². The van der Waals surface area contributed by atoms with Gasteiger partial charge in [0.1, 0.15) is 0 Å². The molecule has 0 spiro atoms. The Hall–Kier alpha value is -1.43. The number of aromatic nitrogens is 2. The summed E-state index contributed by atoms with van der Waals surface area (Å²) in [5.74, 6) is -0.00137. The predicted molar refractivity (Wildman–Crippen MR) is 70.7 cm³/mol. The zero-order chi connectivity index (χ0) is 14.6. The van der Waals surface area contributed by atoms with Crippen molar-refractivity contribution in [1.82, 2.24) is 15.0 Å². The molecule has 1 rings (SSSR count). The Labute approximate surface area is 113 Å². The van der Waals surface area contributed by atoms with Crippen molar-refractivity contribution < 1.29 is 14.4 Å². The van der Waals surface area contributed by atoms with Crippen molar-refractivity contribution in [2.75, 3.05) is 13.1 Å². The van der Waals surface area contributed by atoms with Gasteiger partial charge in [-0.3, -0.25) is 9.69 Å². The Morgan fingerprint density at radius 2 is 2.11 bits per heavy atom. The number of carboxylic acids is 1. The molecule has 0 bridgehead atoms. The van der Waals surface area contributed by atoms with Crippen LogP contribution in [0.15, 0.2) is 4.52 Å². The van der Waals surface area contributed by atoms with Gasteiger partial charge in [0.15, 0.2) is 5.82 Å². The second kappa shape index (κ2) is 6.14. The molecule has 1 aromatic heterocycles. The smallest absolute Gasteiger partial charge is 0.307 e. The third-order valence-corrected chi connectivity index (χ3v) is 2.90. The zero-order valence-corrected chi connectivity index (χ0v) is 12.3. The first-order chi connectivity index (χ1) is 8.74. The molecule has 0 radical (unpaired) electrons. The van der Waals surface area contributed by atoms with Crippen LogP contribution >= 0.6 is 0 Å². The van der Waals surface area contributed by atoms with Gasteiger partial charge in [-0.1, -0.05) is 39.8 Å². The minimum atomic E-state index is -0.792. The molecular weight excluding hydrogens is 246 g/mol. The van der Waals surface area contributed by atoms with Gasteiger partial charge in [-0.25, -0.2) is 0 Å². The number of nitrogens with zero attached hydrogens (tertiary/aromatic N) is 3. The second-order valence-electron chi connectivity index (χ2n) is 5.83. The minimum absolute atomic E-state index is 0.146. The van der Waals surface area contributed by atoms with Gasteiger partial charge in [-0.2, -0.15) is 4.98 Å². The summed E-state index contributed by atoms with van der Waals surface area (Å²) in [4.78, 5) is 17.2. The summed E-state index contributed by atoms with van der Waals surface area (Å²) in [5, 5.41) is 12.9. The SMILES string of the molecule is CCN(Cc1nc(C(C)(C)C)no1)CC(C)C(=O)O. The Balaban J connectivity index is 2.66. The third kappa shape index (κ3) is 4.63. The number of aliphatic carboxylic acids is 1. The van der Waals surface area contributed by atoms with Crippen LogP contribution in [0, 0.1) is 5.92 Å². The van der Waals surface area contributed by atoms with Gasteiger partial charge in [0.2, 0.25) is 5.89 Å². The largest absolute Gasteiger partial charge is 0.481 e. The number of hydrogen-bond acceptors (Lipinski definition) is 5. The van der Waals surface area contributed by atoms with Crippen molar-refractivity contribution in [3.05, 3.63) is 11.7 Å². The van der Waals surface area contributed by atoms with Gasteiger partial charge in [-0.05, 0) is 6.54 Å². The van der Waals surface area contributed by atoms with Crippen LogP contribution in [0.3, 0.4) is 0 Å². The zero-order valence-electron chi connectivity index (χ0n) is 12.3. The van der Waals surface area contributed by atoms with E-state index in [1.807, 2.05) is 32.6 Å². The maximum atomic E-state index is 10.9. The molecule has 0 saturated carbocycles. The summed E-state index contributed by atoms with van der Waals surface area (Å²) in [7, 11) is 0. The van der Waals surface area contributed by atoms with Crippen LogP contribution in [0.1, 0.15) is 46.3 Å². The fourth-order valence-corrected chi connectivity index (χ4v) is 1.59. The van der Waals surface area contributed by atoms with Crippen LogP contribution in [-0.2, 0) is 16.8 Å². The standard InChI is InChI=1S/C13H23N3O3/c1-6-16(7-9(2)11(17)18)8-10-14-12(15-19-10)13(3,4)5/h9H,6-8H2,1-5H3,(H,17,18). The van der Waals surface area contributed by atoms with Gasteiger partial charge < -0.3 is 9.63 Å². The van der Waals surface area contributed by atoms with Gasteiger partial charge >= 0.3 is 5.97 Å². The maximum absolute atomic E-state index is 10.9. The number of carboxylic acid groups (broad SMARTS) is 1. The van der Waals surface area contributed by atoms with Crippen molar-refractivity contribution in [3.8, 4) is 0 Å². The van der Waals surface area contributed by atoms with Crippen LogP contribution in [0.2, 0.25) is 0 Å². The Kier molecular flexibility index (Phi) is 5.05. The first-order valence-corrected chi connectivity index (χ1v) is 6.52. The molecule has 1 atom stereocenters. The van der Waals surface area contributed by atoms with Gasteiger partial charge in [0, 0.05) is 12.0 Å². The fraction of sp³-hybridized carbons (Fsp3) is 0.769. The molecule has 0 fully saturated rings. The predicted octanol–water partition coefficient (Wildman–Crippen LogP) is 1.91. The van der Waals surface area contributed by atoms with E-state index >= 15 is 0 Å². The van der Waals surface area contributed by atoms with Gasteiger partial charge in [0.25, 0.3) is 0 Å². The molecule has 19 heavy (non-hydrogen) atoms. The van der Waals surface area contributed by atoms with Crippen LogP contribution in [-0.4, -0.2) is 39.2 Å². The van der Waals surface area contributed by atoms with E-state index in [1.54, 1.807) is 6.92 Å². The molecule has 1 heterocycles. The lowest BCUT2D eigenvalue weighted by Crippen LogP contribution is -2.31. The quantitative estimate of drug-likeness (QED) is 0.849. The normalized spacial score (nSPS) is 13.8. The molecule has 1 unspecified atom stereocenters. The van der Waals surface area contributed by atoms with Crippen molar-refractivity contribution in [2.24, 2.45) is 5.92 Å². The van der Waals surface area contributed by atoms with Crippen LogP contribution in [0.5, 0.6) is 0 Å². The van der Waals surface area contributed by atoms with E-state index in [0.717, 1.165) is 6.54 Å². The molecule has 6 nitrogen and oxygen atoms in total. The molecule has 0 aliphatic heterocycles. The van der Waals surface area contributed by atoms with E-state index in [0.29, 0.717) is 24.8 Å². The first-order valence-electron chi connectivity index (χ1n) is 6.52. The van der Waals surface area contributed by atoms with Crippen LogP contribution in [0.25, 0.3) is 0 Å². The average molecular weight is 269 g/mol. The Morgan fingerprint density at radius 1 is 1.47 bits per heavy atom. The number of carbonyl (C=O) groups is 1. The van der Waals surface area contributed by atoms with E-state index in [4.69, 9.17) is 9.63 Å². The summed E-state index contributed by atoms with van der Waals surface area (Å²) in [6, 6.07) is 0. The molecule has 1 aromatic rings. The molecule has 0 aromatic carbocycles. The molecule has 1 N–H and O–H groups in total. The summed E-state index contributed by atoms with van der Waals surface area (Å²) < 4.78 is 5.22. The fourth-order valence-electron chi connectivity index (χ4n) is 1.59. The van der Waals surface area contributed by atoms with Crippen LogP contribution < -0.4 is 0 Å². The number of hydrogen-bond donors (Lipinski definition) is 1. The lowest BCUT2D eigenvalue weighted by atomic mass is 9.96. The molecular formula is C13H23N3O3. The highest BCUT2D eigenvalue weighted by atomic mass is 16.5. The molecule has 0 aliphatic rings. The third-order valence-electron chi connectivity index (χ3n) is 2.90. The van der Waals surface area contributed by atoms with E-state index in [-0.39, 0.29) is 5.41 Å². The first kappa shape index (κ1) is 15.6. The summed E-state index contributed by atoms with van der Waals surface area (Å²) in [5.41, 5.74) is -0.146. The van der Waals surface area contributed by atoms with E-state index in [1.165, 1.54) is 0 Å². The molecule has 0 aliphatic carbocycles. The summed E-state index contributed by atoms with van der Waals surface area (Å²) in [6.07, 6.45) is 0. The van der Waals surface area contributed by atoms with Crippen molar-refractivity contribution >= 4 is 5.97 Å². The molecule has 6 heteroatoms. The van der Waals surface area contributed by atoms with Gasteiger partial charge in [0.05, 0.1) is 12.5 Å². The summed E-state index contributed by atoms with van der Waals surface area (Å²) in [6.45, 7) is 11.4. The van der Waals surface area contributed by atoms with E-state index in [2.05, 4.69) is 10.1 Å².